The molecule has 0 aliphatic heterocycles. The zero-order chi connectivity index (χ0) is 13.6. The SMILES string of the molecule is CS(=O)(=O)[C@@H]1[C@@H](c2cccc(F)c2)[C@@]1(C#N)C=O. The predicted molar refractivity (Wildman–Crippen MR) is 61.9 cm³/mol. The van der Waals surface area contributed by atoms with Crippen LogP contribution >= 0.6 is 0 Å². The minimum absolute atomic E-state index is 0.355. The molecule has 0 heterocycles. The number of halogens is 1. The van der Waals surface area contributed by atoms with Gasteiger partial charge in [0, 0.05) is 12.2 Å². The van der Waals surface area contributed by atoms with E-state index in [1.165, 1.54) is 18.2 Å². The average molecular weight is 267 g/mol. The van der Waals surface area contributed by atoms with Crippen LogP contribution in [0.25, 0.3) is 0 Å². The zero-order valence-electron chi connectivity index (χ0n) is 9.50. The van der Waals surface area contributed by atoms with Crippen molar-refractivity contribution in [1.82, 2.24) is 0 Å². The highest BCUT2D eigenvalue weighted by Crippen LogP contribution is 2.61. The summed E-state index contributed by atoms with van der Waals surface area (Å²) < 4.78 is 36.3. The third-order valence-corrected chi connectivity index (χ3v) is 4.82. The second-order valence-electron chi connectivity index (χ2n) is 4.45. The first-order chi connectivity index (χ1) is 8.36. The largest absolute Gasteiger partial charge is 0.302 e. The van der Waals surface area contributed by atoms with E-state index in [-0.39, 0.29) is 0 Å². The van der Waals surface area contributed by atoms with Crippen molar-refractivity contribution in [2.45, 2.75) is 11.2 Å². The van der Waals surface area contributed by atoms with Crippen molar-refractivity contribution in [3.05, 3.63) is 35.6 Å². The van der Waals surface area contributed by atoms with E-state index >= 15 is 0 Å². The van der Waals surface area contributed by atoms with Gasteiger partial charge in [0.2, 0.25) is 0 Å². The van der Waals surface area contributed by atoms with Gasteiger partial charge < -0.3 is 4.79 Å². The number of sulfone groups is 1. The molecule has 1 fully saturated rings. The number of rotatable bonds is 3. The Morgan fingerprint density at radius 2 is 2.17 bits per heavy atom. The number of carbonyl (C=O) groups excluding carboxylic acids is 1. The summed E-state index contributed by atoms with van der Waals surface area (Å²) in [7, 11) is -3.55. The number of benzene rings is 1. The molecule has 6 heteroatoms. The van der Waals surface area contributed by atoms with E-state index in [2.05, 4.69) is 0 Å². The molecule has 94 valence electrons. The van der Waals surface area contributed by atoms with Crippen LogP contribution in [0.3, 0.4) is 0 Å². The maximum Gasteiger partial charge on any atom is 0.153 e. The van der Waals surface area contributed by atoms with Crippen LogP contribution in [0.15, 0.2) is 24.3 Å². The minimum atomic E-state index is -3.55. The Bertz CT molecular complexity index is 650. The molecular formula is C12H10FNO3S. The minimum Gasteiger partial charge on any atom is -0.302 e. The van der Waals surface area contributed by atoms with Crippen LogP contribution in [0.2, 0.25) is 0 Å². The van der Waals surface area contributed by atoms with E-state index in [9.17, 15) is 17.6 Å². The third kappa shape index (κ3) is 1.71. The van der Waals surface area contributed by atoms with Crippen LogP contribution in [0, 0.1) is 22.6 Å². The fourth-order valence-corrected chi connectivity index (χ4v) is 4.19. The number of nitriles is 1. The molecule has 1 aromatic carbocycles. The Kier molecular flexibility index (Phi) is 2.74. The summed E-state index contributed by atoms with van der Waals surface area (Å²) in [5.74, 6) is -1.31. The molecule has 0 unspecified atom stereocenters. The average Bonchev–Trinajstić information content (AvgIpc) is 2.98. The lowest BCUT2D eigenvalue weighted by molar-refractivity contribution is -0.110. The summed E-state index contributed by atoms with van der Waals surface area (Å²) in [5.41, 5.74) is -1.22. The highest BCUT2D eigenvalue weighted by molar-refractivity contribution is 7.91. The predicted octanol–water partition coefficient (Wildman–Crippen LogP) is 1.04. The number of aldehydes is 1. The topological polar surface area (TPSA) is 75.0 Å². The van der Waals surface area contributed by atoms with Gasteiger partial charge in [-0.1, -0.05) is 12.1 Å². The maximum absolute atomic E-state index is 13.1. The Hall–Kier alpha value is -1.74. The molecule has 0 amide bonds. The van der Waals surface area contributed by atoms with E-state index < -0.39 is 32.2 Å². The van der Waals surface area contributed by atoms with E-state index in [1.54, 1.807) is 6.07 Å². The second-order valence-corrected chi connectivity index (χ2v) is 6.61. The van der Waals surface area contributed by atoms with Gasteiger partial charge in [0.25, 0.3) is 0 Å². The van der Waals surface area contributed by atoms with Gasteiger partial charge in [0.05, 0.1) is 11.3 Å². The first-order valence-electron chi connectivity index (χ1n) is 5.18. The number of carbonyl (C=O) groups is 1. The normalized spacial score (nSPS) is 30.5. The van der Waals surface area contributed by atoms with Crippen molar-refractivity contribution in [1.29, 1.82) is 5.26 Å². The molecule has 0 saturated heterocycles. The molecule has 3 atom stereocenters. The maximum atomic E-state index is 13.1. The van der Waals surface area contributed by atoms with Crippen molar-refractivity contribution < 1.29 is 17.6 Å². The van der Waals surface area contributed by atoms with E-state index in [0.29, 0.717) is 11.8 Å². The standard InChI is InChI=1S/C12H10FNO3S/c1-18(16,17)11-10(12(11,6-14)7-15)8-3-2-4-9(13)5-8/h2-5,7,10-11H,1H3/t10-,11-,12-/m1/s1. The van der Waals surface area contributed by atoms with E-state index in [0.717, 1.165) is 12.3 Å². The van der Waals surface area contributed by atoms with E-state index in [1.807, 2.05) is 0 Å². The van der Waals surface area contributed by atoms with Crippen LogP contribution in [0.4, 0.5) is 4.39 Å². The molecule has 1 saturated carbocycles. The molecule has 4 nitrogen and oxygen atoms in total. The van der Waals surface area contributed by atoms with Gasteiger partial charge in [0.15, 0.2) is 9.84 Å². The molecule has 0 N–H and O–H groups in total. The lowest BCUT2D eigenvalue weighted by Gasteiger charge is -1.99. The molecule has 1 aromatic rings. The summed E-state index contributed by atoms with van der Waals surface area (Å²) in [4.78, 5) is 11.1. The lowest BCUT2D eigenvalue weighted by atomic mass is 10.0. The van der Waals surface area contributed by atoms with Crippen LogP contribution in [-0.2, 0) is 14.6 Å². The highest BCUT2D eigenvalue weighted by atomic mass is 32.2. The second kappa shape index (κ2) is 3.89. The highest BCUT2D eigenvalue weighted by Gasteiger charge is 2.71. The Morgan fingerprint density at radius 1 is 1.50 bits per heavy atom. The van der Waals surface area contributed by atoms with Gasteiger partial charge in [-0.2, -0.15) is 5.26 Å². The van der Waals surface area contributed by atoms with Gasteiger partial charge in [0.1, 0.15) is 17.5 Å². The first kappa shape index (κ1) is 12.7. The van der Waals surface area contributed by atoms with Crippen molar-refractivity contribution >= 4 is 16.1 Å². The summed E-state index contributed by atoms with van der Waals surface area (Å²) in [6.45, 7) is 0. The molecule has 1 aliphatic carbocycles. The van der Waals surface area contributed by atoms with Crippen LogP contribution < -0.4 is 0 Å². The van der Waals surface area contributed by atoms with Crippen molar-refractivity contribution in [3.8, 4) is 6.07 Å². The molecule has 2 rings (SSSR count). The Labute approximate surface area is 104 Å². The number of hydrogen-bond donors (Lipinski definition) is 0. The van der Waals surface area contributed by atoms with Crippen molar-refractivity contribution in [2.75, 3.05) is 6.26 Å². The lowest BCUT2D eigenvalue weighted by Crippen LogP contribution is -2.14. The number of nitrogens with zero attached hydrogens (tertiary/aromatic N) is 1. The van der Waals surface area contributed by atoms with Gasteiger partial charge in [-0.15, -0.1) is 0 Å². The molecule has 18 heavy (non-hydrogen) atoms. The molecule has 0 spiro atoms. The third-order valence-electron chi connectivity index (χ3n) is 3.24. The van der Waals surface area contributed by atoms with Crippen molar-refractivity contribution in [2.24, 2.45) is 5.41 Å². The van der Waals surface area contributed by atoms with Gasteiger partial charge in [-0.05, 0) is 17.7 Å². The molecule has 0 aromatic heterocycles. The summed E-state index contributed by atoms with van der Waals surface area (Å²) in [6, 6.07) is 7.08. The molecular weight excluding hydrogens is 257 g/mol. The fraction of sp³-hybridized carbons (Fsp3) is 0.333. The zero-order valence-corrected chi connectivity index (χ0v) is 10.3. The van der Waals surface area contributed by atoms with E-state index in [4.69, 9.17) is 5.26 Å². The van der Waals surface area contributed by atoms with Gasteiger partial charge in [-0.3, -0.25) is 0 Å². The van der Waals surface area contributed by atoms with Gasteiger partial charge in [-0.25, -0.2) is 12.8 Å². The van der Waals surface area contributed by atoms with Crippen LogP contribution in [-0.4, -0.2) is 26.2 Å². The molecule has 0 radical (unpaired) electrons. The summed E-state index contributed by atoms with van der Waals surface area (Å²) in [5, 5.41) is 7.96. The van der Waals surface area contributed by atoms with Gasteiger partial charge >= 0.3 is 0 Å². The summed E-state index contributed by atoms with van der Waals surface area (Å²) >= 11 is 0. The summed E-state index contributed by atoms with van der Waals surface area (Å²) in [6.07, 6.45) is 1.33. The molecule has 0 bridgehead atoms. The smallest absolute Gasteiger partial charge is 0.153 e. The monoisotopic (exact) mass is 267 g/mol. The molecule has 1 aliphatic rings. The fourth-order valence-electron chi connectivity index (χ4n) is 2.43. The van der Waals surface area contributed by atoms with Crippen molar-refractivity contribution in [3.63, 3.8) is 0 Å². The van der Waals surface area contributed by atoms with Crippen LogP contribution in [0.1, 0.15) is 11.5 Å². The number of hydrogen-bond acceptors (Lipinski definition) is 4. The first-order valence-corrected chi connectivity index (χ1v) is 7.14. The Morgan fingerprint density at radius 3 is 2.56 bits per heavy atom. The van der Waals surface area contributed by atoms with Crippen LogP contribution in [0.5, 0.6) is 0 Å². The quantitative estimate of drug-likeness (QED) is 0.767. The Balaban J connectivity index is 2.52.